The number of hydrogen-bond donors (Lipinski definition) is 2. The van der Waals surface area contributed by atoms with E-state index in [4.69, 9.17) is 9.72 Å². The highest BCUT2D eigenvalue weighted by atomic mass is 32.2. The fourth-order valence-electron chi connectivity index (χ4n) is 2.93. The summed E-state index contributed by atoms with van der Waals surface area (Å²) in [5.74, 6) is 0.815. The summed E-state index contributed by atoms with van der Waals surface area (Å²) in [5.41, 5.74) is 2.67. The third kappa shape index (κ3) is 2.88. The van der Waals surface area contributed by atoms with Gasteiger partial charge in [0.05, 0.1) is 28.8 Å². The number of hydrogen-bond acceptors (Lipinski definition) is 4. The van der Waals surface area contributed by atoms with E-state index < -0.39 is 0 Å². The Kier molecular flexibility index (Phi) is 4.26. The molecule has 0 bridgehead atoms. The van der Waals surface area contributed by atoms with Gasteiger partial charge in [0.1, 0.15) is 5.75 Å². The van der Waals surface area contributed by atoms with Gasteiger partial charge >= 0.3 is 0 Å². The maximum atomic E-state index is 12.2. The summed E-state index contributed by atoms with van der Waals surface area (Å²) in [6.07, 6.45) is 0. The number of H-pyrrole nitrogens is 2. The molecule has 0 aliphatic heterocycles. The summed E-state index contributed by atoms with van der Waals surface area (Å²) in [6.45, 7) is 1.86. The number of aromatic amines is 2. The molecular weight excluding hydrogens is 346 g/mol. The first-order chi connectivity index (χ1) is 12.7. The number of nitrogens with zero attached hydrogens (tertiary/aromatic N) is 1. The predicted molar refractivity (Wildman–Crippen MR) is 104 cm³/mol. The number of pyridine rings is 1. The van der Waals surface area contributed by atoms with Gasteiger partial charge in [-0.2, -0.15) is 0 Å². The molecule has 0 aliphatic carbocycles. The van der Waals surface area contributed by atoms with Crippen LogP contribution in [0.2, 0.25) is 0 Å². The molecule has 4 rings (SSSR count). The van der Waals surface area contributed by atoms with Crippen LogP contribution in [0.25, 0.3) is 22.2 Å². The zero-order valence-electron chi connectivity index (χ0n) is 14.4. The molecule has 26 heavy (non-hydrogen) atoms. The molecule has 2 aromatic carbocycles. The van der Waals surface area contributed by atoms with E-state index in [1.165, 1.54) is 0 Å². The third-order valence-corrected chi connectivity index (χ3v) is 5.30. The van der Waals surface area contributed by atoms with Gasteiger partial charge in [-0.25, -0.2) is 4.98 Å². The molecule has 0 unspecified atom stereocenters. The normalized spacial score (nSPS) is 11.0. The first kappa shape index (κ1) is 16.5. The molecule has 0 saturated carbocycles. The monoisotopic (exact) mass is 363 g/mol. The molecule has 2 heterocycles. The van der Waals surface area contributed by atoms with E-state index in [2.05, 4.69) is 10.2 Å². The van der Waals surface area contributed by atoms with Gasteiger partial charge in [0.15, 0.2) is 0 Å². The van der Waals surface area contributed by atoms with E-state index in [1.54, 1.807) is 18.9 Å². The van der Waals surface area contributed by atoms with Gasteiger partial charge in [-0.3, -0.25) is 9.89 Å². The lowest BCUT2D eigenvalue weighted by molar-refractivity contribution is 0.405. The average Bonchev–Trinajstić information content (AvgIpc) is 3.00. The van der Waals surface area contributed by atoms with E-state index >= 15 is 0 Å². The number of aromatic nitrogens is 3. The van der Waals surface area contributed by atoms with E-state index in [-0.39, 0.29) is 5.56 Å². The summed E-state index contributed by atoms with van der Waals surface area (Å²) >= 11 is 1.60. The quantitative estimate of drug-likeness (QED) is 0.564. The van der Waals surface area contributed by atoms with Gasteiger partial charge in [0.25, 0.3) is 5.56 Å². The van der Waals surface area contributed by atoms with Crippen LogP contribution >= 0.6 is 11.8 Å². The second kappa shape index (κ2) is 6.72. The summed E-state index contributed by atoms with van der Waals surface area (Å²) < 4.78 is 5.47. The van der Waals surface area contributed by atoms with Gasteiger partial charge in [-0.15, -0.1) is 0 Å². The van der Waals surface area contributed by atoms with Crippen LogP contribution in [0.15, 0.2) is 69.2 Å². The summed E-state index contributed by atoms with van der Waals surface area (Å²) in [6, 6.07) is 17.8. The molecule has 130 valence electrons. The maximum absolute atomic E-state index is 12.2. The van der Waals surface area contributed by atoms with Crippen LogP contribution in [-0.2, 0) is 0 Å². The zero-order valence-corrected chi connectivity index (χ0v) is 15.2. The highest BCUT2D eigenvalue weighted by molar-refractivity contribution is 7.99. The van der Waals surface area contributed by atoms with Crippen molar-refractivity contribution in [3.05, 3.63) is 70.6 Å². The molecule has 6 heteroatoms. The van der Waals surface area contributed by atoms with E-state index in [0.29, 0.717) is 11.3 Å². The number of ether oxygens (including phenoxy) is 1. The molecule has 0 atom stereocenters. The fraction of sp³-hybridized carbons (Fsp3) is 0.100. The lowest BCUT2D eigenvalue weighted by Gasteiger charge is -2.11. The van der Waals surface area contributed by atoms with Gasteiger partial charge in [-0.1, -0.05) is 42.1 Å². The Morgan fingerprint density at radius 1 is 1.00 bits per heavy atom. The molecule has 0 spiro atoms. The summed E-state index contributed by atoms with van der Waals surface area (Å²) in [7, 11) is 1.66. The Morgan fingerprint density at radius 2 is 1.77 bits per heavy atom. The third-order valence-electron chi connectivity index (χ3n) is 4.19. The lowest BCUT2D eigenvalue weighted by Crippen LogP contribution is -2.03. The number of aryl methyl sites for hydroxylation is 1. The molecule has 0 fully saturated rings. The minimum Gasteiger partial charge on any atom is -0.496 e. The van der Waals surface area contributed by atoms with Crippen molar-refractivity contribution in [2.75, 3.05) is 7.11 Å². The van der Waals surface area contributed by atoms with Crippen LogP contribution in [0, 0.1) is 6.92 Å². The fourth-order valence-corrected chi connectivity index (χ4v) is 4.02. The van der Waals surface area contributed by atoms with Crippen LogP contribution in [0.1, 0.15) is 5.69 Å². The Hall–Kier alpha value is -2.99. The standard InChI is InChI=1S/C20H17N3O2S/c1-12-19(20(24)23-22-12)15-11-18(13-7-3-4-8-14(13)21-15)26-17-10-6-5-9-16(17)25-2/h3-11H,1-2H3,(H2,22,23,24). The number of para-hydroxylation sites is 2. The van der Waals surface area contributed by atoms with Gasteiger partial charge in [0, 0.05) is 16.0 Å². The molecule has 0 saturated heterocycles. The number of benzene rings is 2. The van der Waals surface area contributed by atoms with Gasteiger partial charge in [-0.05, 0) is 31.2 Å². The molecule has 0 amide bonds. The van der Waals surface area contributed by atoms with Gasteiger partial charge < -0.3 is 9.84 Å². The highest BCUT2D eigenvalue weighted by Gasteiger charge is 2.15. The van der Waals surface area contributed by atoms with Crippen molar-refractivity contribution in [3.8, 4) is 17.0 Å². The topological polar surface area (TPSA) is 70.8 Å². The largest absolute Gasteiger partial charge is 0.496 e. The number of fused-ring (bicyclic) bond motifs is 1. The van der Waals surface area contributed by atoms with Crippen molar-refractivity contribution in [2.45, 2.75) is 16.7 Å². The smallest absolute Gasteiger partial charge is 0.273 e. The second-order valence-corrected chi connectivity index (χ2v) is 6.94. The van der Waals surface area contributed by atoms with Crippen molar-refractivity contribution < 1.29 is 4.74 Å². The highest BCUT2D eigenvalue weighted by Crippen LogP contribution is 2.39. The number of nitrogens with one attached hydrogen (secondary N) is 2. The second-order valence-electron chi connectivity index (χ2n) is 5.85. The first-order valence-corrected chi connectivity index (χ1v) is 8.97. The van der Waals surface area contributed by atoms with Crippen LogP contribution in [-0.4, -0.2) is 22.3 Å². The van der Waals surface area contributed by atoms with Gasteiger partial charge in [0.2, 0.25) is 0 Å². The zero-order chi connectivity index (χ0) is 18.1. The van der Waals surface area contributed by atoms with Crippen molar-refractivity contribution in [2.24, 2.45) is 0 Å². The van der Waals surface area contributed by atoms with Crippen LogP contribution in [0.3, 0.4) is 0 Å². The van der Waals surface area contributed by atoms with Crippen molar-refractivity contribution in [1.29, 1.82) is 0 Å². The number of rotatable bonds is 4. The molecule has 0 aliphatic rings. The van der Waals surface area contributed by atoms with Crippen molar-refractivity contribution in [3.63, 3.8) is 0 Å². The van der Waals surface area contributed by atoms with Crippen LogP contribution in [0.4, 0.5) is 0 Å². The summed E-state index contributed by atoms with van der Waals surface area (Å²) in [4.78, 5) is 18.9. The SMILES string of the molecule is COc1ccccc1Sc1cc(-c2c(C)[nH][nH]c2=O)nc2ccccc12. The van der Waals surface area contributed by atoms with Crippen LogP contribution in [0.5, 0.6) is 5.75 Å². The maximum Gasteiger partial charge on any atom is 0.273 e. The Labute approximate surface area is 154 Å². The minimum absolute atomic E-state index is 0.168. The molecule has 2 N–H and O–H groups in total. The molecule has 2 aromatic heterocycles. The molecule has 0 radical (unpaired) electrons. The Morgan fingerprint density at radius 3 is 2.54 bits per heavy atom. The lowest BCUT2D eigenvalue weighted by atomic mass is 10.1. The van der Waals surface area contributed by atoms with E-state index in [0.717, 1.165) is 32.1 Å². The minimum atomic E-state index is -0.168. The number of methoxy groups -OCH3 is 1. The molecule has 4 aromatic rings. The van der Waals surface area contributed by atoms with Crippen LogP contribution < -0.4 is 10.3 Å². The predicted octanol–water partition coefficient (Wildman–Crippen LogP) is 4.39. The molecule has 5 nitrogen and oxygen atoms in total. The van der Waals surface area contributed by atoms with E-state index in [1.807, 2.05) is 61.5 Å². The first-order valence-electron chi connectivity index (χ1n) is 8.15. The van der Waals surface area contributed by atoms with Crippen molar-refractivity contribution in [1.82, 2.24) is 15.2 Å². The Bertz CT molecular complexity index is 1150. The Balaban J connectivity index is 1.92. The van der Waals surface area contributed by atoms with Crippen molar-refractivity contribution >= 4 is 22.7 Å². The molecular formula is C20H17N3O2S. The van der Waals surface area contributed by atoms with E-state index in [9.17, 15) is 4.79 Å². The summed E-state index contributed by atoms with van der Waals surface area (Å²) in [5, 5.41) is 6.53. The average molecular weight is 363 g/mol.